The first-order chi connectivity index (χ1) is 10.7. The van der Waals surface area contributed by atoms with Crippen molar-refractivity contribution in [2.45, 2.75) is 51.0 Å². The van der Waals surface area contributed by atoms with Crippen LogP contribution >= 0.6 is 0 Å². The quantitative estimate of drug-likeness (QED) is 0.929. The number of methoxy groups -OCH3 is 1. The molecule has 0 spiro atoms. The van der Waals surface area contributed by atoms with E-state index in [1.165, 1.54) is 18.4 Å². The van der Waals surface area contributed by atoms with Crippen LogP contribution in [0.2, 0.25) is 0 Å². The molecule has 2 fully saturated rings. The molecule has 1 amide bonds. The molecular weight excluding hydrogens is 278 g/mol. The number of hydrogen-bond acceptors (Lipinski definition) is 3. The van der Waals surface area contributed by atoms with E-state index in [-0.39, 0.29) is 11.8 Å². The van der Waals surface area contributed by atoms with Crippen LogP contribution in [0, 0.1) is 5.92 Å². The molecule has 0 radical (unpaired) electrons. The predicted molar refractivity (Wildman–Crippen MR) is 85.4 cm³/mol. The second-order valence-corrected chi connectivity index (χ2v) is 6.51. The zero-order chi connectivity index (χ0) is 15.5. The van der Waals surface area contributed by atoms with E-state index >= 15 is 0 Å². The van der Waals surface area contributed by atoms with Gasteiger partial charge in [-0.25, -0.2) is 0 Å². The second-order valence-electron chi connectivity index (χ2n) is 6.51. The molecule has 2 atom stereocenters. The van der Waals surface area contributed by atoms with Gasteiger partial charge in [-0.05, 0) is 49.8 Å². The average Bonchev–Trinajstić information content (AvgIpc) is 3.03. The Morgan fingerprint density at radius 3 is 2.64 bits per heavy atom. The Morgan fingerprint density at radius 2 is 1.95 bits per heavy atom. The number of nitrogens with one attached hydrogen (secondary N) is 1. The van der Waals surface area contributed by atoms with Crippen molar-refractivity contribution in [1.29, 1.82) is 0 Å². The smallest absolute Gasteiger partial charge is 0.222 e. The number of piperidine rings is 1. The van der Waals surface area contributed by atoms with Crippen LogP contribution in [0.5, 0.6) is 11.5 Å². The standard InChI is InChI=1S/C18H25NO3/c1-12-9-14(11-19-18(12)20)13-7-8-16(21-2)17(10-13)22-15-5-3-4-6-15/h7-8,10,12,14-15H,3-6,9,11H2,1-2H3,(H,19,20)/t12?,14-/m1/s1. The fourth-order valence-corrected chi connectivity index (χ4v) is 3.49. The molecule has 3 rings (SSSR count). The van der Waals surface area contributed by atoms with E-state index in [1.807, 2.05) is 13.0 Å². The van der Waals surface area contributed by atoms with E-state index in [1.54, 1.807) is 7.11 Å². The van der Waals surface area contributed by atoms with Gasteiger partial charge in [0.15, 0.2) is 11.5 Å². The highest BCUT2D eigenvalue weighted by Gasteiger charge is 2.27. The van der Waals surface area contributed by atoms with Crippen LogP contribution in [0.3, 0.4) is 0 Å². The first-order valence-electron chi connectivity index (χ1n) is 8.29. The lowest BCUT2D eigenvalue weighted by atomic mass is 9.86. The SMILES string of the molecule is COc1ccc([C@H]2CNC(=O)C(C)C2)cc1OC1CCCC1. The molecule has 0 aromatic heterocycles. The van der Waals surface area contributed by atoms with E-state index in [0.717, 1.165) is 30.8 Å². The lowest BCUT2D eigenvalue weighted by Gasteiger charge is -2.28. The van der Waals surface area contributed by atoms with Crippen LogP contribution in [0.15, 0.2) is 18.2 Å². The minimum Gasteiger partial charge on any atom is -0.493 e. The molecule has 1 aliphatic carbocycles. The summed E-state index contributed by atoms with van der Waals surface area (Å²) in [6.45, 7) is 2.69. The third-order valence-corrected chi connectivity index (χ3v) is 4.86. The average molecular weight is 303 g/mol. The molecule has 2 aliphatic rings. The molecule has 4 heteroatoms. The Kier molecular flexibility index (Phi) is 4.55. The van der Waals surface area contributed by atoms with Crippen LogP contribution < -0.4 is 14.8 Å². The summed E-state index contributed by atoms with van der Waals surface area (Å²) >= 11 is 0. The summed E-state index contributed by atoms with van der Waals surface area (Å²) in [5.41, 5.74) is 1.22. The van der Waals surface area contributed by atoms with E-state index in [4.69, 9.17) is 9.47 Å². The fraction of sp³-hybridized carbons (Fsp3) is 0.611. The summed E-state index contributed by atoms with van der Waals surface area (Å²) in [6, 6.07) is 6.18. The molecule has 1 N–H and O–H groups in total. The van der Waals surface area contributed by atoms with Gasteiger partial charge in [-0.1, -0.05) is 13.0 Å². The minimum atomic E-state index is 0.0695. The van der Waals surface area contributed by atoms with Gasteiger partial charge in [-0.3, -0.25) is 4.79 Å². The van der Waals surface area contributed by atoms with Gasteiger partial charge in [0.25, 0.3) is 0 Å². The third kappa shape index (κ3) is 3.21. The highest BCUT2D eigenvalue weighted by molar-refractivity contribution is 5.79. The summed E-state index contributed by atoms with van der Waals surface area (Å²) in [6.07, 6.45) is 5.96. The Bertz CT molecular complexity index is 537. The molecule has 1 heterocycles. The number of amides is 1. The molecule has 4 nitrogen and oxygen atoms in total. The number of carbonyl (C=O) groups is 1. The van der Waals surface area contributed by atoms with Crippen molar-refractivity contribution in [3.05, 3.63) is 23.8 Å². The maximum Gasteiger partial charge on any atom is 0.222 e. The van der Waals surface area contributed by atoms with Gasteiger partial charge in [0.05, 0.1) is 13.2 Å². The Morgan fingerprint density at radius 1 is 1.18 bits per heavy atom. The Hall–Kier alpha value is -1.71. The first-order valence-corrected chi connectivity index (χ1v) is 8.29. The number of benzene rings is 1. The predicted octanol–water partition coefficient (Wildman–Crippen LogP) is 3.26. The van der Waals surface area contributed by atoms with Crippen LogP contribution in [0.25, 0.3) is 0 Å². The van der Waals surface area contributed by atoms with Crippen molar-refractivity contribution < 1.29 is 14.3 Å². The van der Waals surface area contributed by atoms with Gasteiger partial charge in [-0.15, -0.1) is 0 Å². The second kappa shape index (κ2) is 6.59. The van der Waals surface area contributed by atoms with Gasteiger partial charge in [0, 0.05) is 18.4 Å². The summed E-state index contributed by atoms with van der Waals surface area (Å²) < 4.78 is 11.6. The zero-order valence-corrected chi connectivity index (χ0v) is 13.4. The van der Waals surface area contributed by atoms with Crippen molar-refractivity contribution in [2.75, 3.05) is 13.7 Å². The number of rotatable bonds is 4. The highest BCUT2D eigenvalue weighted by Crippen LogP contribution is 2.36. The molecule has 1 aromatic carbocycles. The molecular formula is C18H25NO3. The van der Waals surface area contributed by atoms with E-state index in [0.29, 0.717) is 18.6 Å². The maximum atomic E-state index is 11.6. The fourth-order valence-electron chi connectivity index (χ4n) is 3.49. The first kappa shape index (κ1) is 15.2. The Balaban J connectivity index is 1.78. The largest absolute Gasteiger partial charge is 0.493 e. The molecule has 1 saturated carbocycles. The maximum absolute atomic E-state index is 11.6. The zero-order valence-electron chi connectivity index (χ0n) is 13.4. The molecule has 1 aromatic rings. The van der Waals surface area contributed by atoms with Crippen molar-refractivity contribution in [2.24, 2.45) is 5.92 Å². The van der Waals surface area contributed by atoms with E-state index in [9.17, 15) is 4.79 Å². The topological polar surface area (TPSA) is 47.6 Å². The lowest BCUT2D eigenvalue weighted by Crippen LogP contribution is -2.39. The van der Waals surface area contributed by atoms with Crippen molar-refractivity contribution in [3.8, 4) is 11.5 Å². The lowest BCUT2D eigenvalue weighted by molar-refractivity contribution is -0.126. The number of carbonyl (C=O) groups excluding carboxylic acids is 1. The highest BCUT2D eigenvalue weighted by atomic mass is 16.5. The molecule has 1 aliphatic heterocycles. The third-order valence-electron chi connectivity index (χ3n) is 4.86. The summed E-state index contributed by atoms with van der Waals surface area (Å²) in [5.74, 6) is 2.22. The number of hydrogen-bond donors (Lipinski definition) is 1. The van der Waals surface area contributed by atoms with Gasteiger partial charge in [-0.2, -0.15) is 0 Å². The number of ether oxygens (including phenoxy) is 2. The normalized spacial score (nSPS) is 25.8. The monoisotopic (exact) mass is 303 g/mol. The van der Waals surface area contributed by atoms with Gasteiger partial charge in [0.1, 0.15) is 0 Å². The summed E-state index contributed by atoms with van der Waals surface area (Å²) in [7, 11) is 1.68. The summed E-state index contributed by atoms with van der Waals surface area (Å²) in [4.78, 5) is 11.6. The van der Waals surface area contributed by atoms with Crippen molar-refractivity contribution >= 4 is 5.91 Å². The van der Waals surface area contributed by atoms with Gasteiger partial charge in [0.2, 0.25) is 5.91 Å². The van der Waals surface area contributed by atoms with E-state index in [2.05, 4.69) is 17.4 Å². The van der Waals surface area contributed by atoms with Crippen LogP contribution in [-0.4, -0.2) is 25.7 Å². The molecule has 0 bridgehead atoms. The van der Waals surface area contributed by atoms with Gasteiger partial charge >= 0.3 is 0 Å². The summed E-state index contributed by atoms with van der Waals surface area (Å²) in [5, 5.41) is 2.99. The molecule has 22 heavy (non-hydrogen) atoms. The van der Waals surface area contributed by atoms with E-state index < -0.39 is 0 Å². The van der Waals surface area contributed by atoms with Crippen molar-refractivity contribution in [1.82, 2.24) is 5.32 Å². The van der Waals surface area contributed by atoms with Crippen LogP contribution in [0.4, 0.5) is 0 Å². The minimum absolute atomic E-state index is 0.0695. The van der Waals surface area contributed by atoms with Gasteiger partial charge < -0.3 is 14.8 Å². The molecule has 1 unspecified atom stereocenters. The van der Waals surface area contributed by atoms with Crippen molar-refractivity contribution in [3.63, 3.8) is 0 Å². The molecule has 1 saturated heterocycles. The Labute approximate surface area is 132 Å². The molecule has 120 valence electrons. The van der Waals surface area contributed by atoms with Crippen LogP contribution in [-0.2, 0) is 4.79 Å². The van der Waals surface area contributed by atoms with Crippen LogP contribution in [0.1, 0.15) is 50.5 Å².